The normalized spacial score (nSPS) is 33.7. The fourth-order valence-corrected chi connectivity index (χ4v) is 3.18. The van der Waals surface area contributed by atoms with Crippen LogP contribution in [-0.4, -0.2) is 47.2 Å². The summed E-state index contributed by atoms with van der Waals surface area (Å²) in [5.74, 6) is -1.28. The number of amides is 1. The number of rotatable bonds is 2. The monoisotopic (exact) mass is 253 g/mol. The number of hydrogen-bond acceptors (Lipinski definition) is 4. The van der Waals surface area contributed by atoms with Crippen molar-refractivity contribution in [2.24, 2.45) is 5.92 Å². The molecule has 0 aromatic carbocycles. The number of carboxylic acid groups (broad SMARTS) is 1. The van der Waals surface area contributed by atoms with Gasteiger partial charge in [0.2, 0.25) is 5.76 Å². The zero-order chi connectivity index (χ0) is 12.7. The molecule has 0 aromatic rings. The van der Waals surface area contributed by atoms with Crippen LogP contribution in [0.5, 0.6) is 0 Å². The van der Waals surface area contributed by atoms with Gasteiger partial charge in [-0.3, -0.25) is 9.59 Å². The van der Waals surface area contributed by atoms with Crippen LogP contribution in [0, 0.1) is 5.92 Å². The summed E-state index contributed by atoms with van der Waals surface area (Å²) in [5, 5.41) is 9.14. The van der Waals surface area contributed by atoms with Crippen LogP contribution in [0.4, 0.5) is 0 Å². The summed E-state index contributed by atoms with van der Waals surface area (Å²) in [7, 11) is 0. The molecule has 3 unspecified atom stereocenters. The van der Waals surface area contributed by atoms with Gasteiger partial charge in [-0.2, -0.15) is 0 Å². The summed E-state index contributed by atoms with van der Waals surface area (Å²) in [6.07, 6.45) is 3.54. The summed E-state index contributed by atoms with van der Waals surface area (Å²) < 4.78 is 10.3. The third kappa shape index (κ3) is 1.63. The Labute approximate surface area is 104 Å². The van der Waals surface area contributed by atoms with Crippen LogP contribution in [0.25, 0.3) is 0 Å². The van der Waals surface area contributed by atoms with Crippen LogP contribution in [0.15, 0.2) is 12.0 Å². The molecule has 3 atom stereocenters. The molecule has 2 bridgehead atoms. The Morgan fingerprint density at radius 3 is 2.78 bits per heavy atom. The highest BCUT2D eigenvalue weighted by Crippen LogP contribution is 2.42. The molecule has 18 heavy (non-hydrogen) atoms. The molecule has 0 saturated carbocycles. The number of ether oxygens (including phenoxy) is 2. The highest BCUT2D eigenvalue weighted by molar-refractivity contribution is 5.93. The molecule has 0 spiro atoms. The minimum atomic E-state index is -0.810. The molecule has 3 rings (SSSR count). The fraction of sp³-hybridized carbons (Fsp3) is 0.667. The van der Waals surface area contributed by atoms with E-state index >= 15 is 0 Å². The zero-order valence-corrected chi connectivity index (χ0v) is 9.87. The van der Waals surface area contributed by atoms with Gasteiger partial charge in [-0.05, 0) is 19.3 Å². The molecule has 98 valence electrons. The SMILES string of the molecule is O=C(O)C1CC2CCC1N2C(=O)C1=COCCO1. The Morgan fingerprint density at radius 2 is 2.17 bits per heavy atom. The van der Waals surface area contributed by atoms with E-state index in [1.165, 1.54) is 6.26 Å². The van der Waals surface area contributed by atoms with Crippen molar-refractivity contribution in [1.82, 2.24) is 4.90 Å². The first-order valence-corrected chi connectivity index (χ1v) is 6.18. The molecule has 0 radical (unpaired) electrons. The molecule has 3 heterocycles. The lowest BCUT2D eigenvalue weighted by molar-refractivity contribution is -0.143. The van der Waals surface area contributed by atoms with Gasteiger partial charge in [0.1, 0.15) is 19.5 Å². The lowest BCUT2D eigenvalue weighted by Gasteiger charge is -2.25. The standard InChI is InChI=1S/C12H15NO5/c14-11(10-6-17-3-4-18-10)13-7-1-2-9(13)8(5-7)12(15)16/h6-9H,1-5H2,(H,15,16). The molecule has 0 aliphatic carbocycles. The first-order valence-electron chi connectivity index (χ1n) is 6.18. The first-order chi connectivity index (χ1) is 8.68. The molecular weight excluding hydrogens is 238 g/mol. The van der Waals surface area contributed by atoms with Crippen LogP contribution in [0.2, 0.25) is 0 Å². The Hall–Kier alpha value is -1.72. The van der Waals surface area contributed by atoms with Gasteiger partial charge >= 0.3 is 5.97 Å². The van der Waals surface area contributed by atoms with Crippen molar-refractivity contribution >= 4 is 11.9 Å². The van der Waals surface area contributed by atoms with Gasteiger partial charge < -0.3 is 19.5 Å². The minimum absolute atomic E-state index is 0.0371. The van der Waals surface area contributed by atoms with Gasteiger partial charge in [-0.25, -0.2) is 0 Å². The van der Waals surface area contributed by atoms with E-state index in [0.29, 0.717) is 19.6 Å². The van der Waals surface area contributed by atoms with Crippen LogP contribution < -0.4 is 0 Å². The lowest BCUT2D eigenvalue weighted by atomic mass is 9.89. The van der Waals surface area contributed by atoms with E-state index in [-0.39, 0.29) is 23.8 Å². The minimum Gasteiger partial charge on any atom is -0.494 e. The number of hydrogen-bond donors (Lipinski definition) is 1. The van der Waals surface area contributed by atoms with E-state index in [9.17, 15) is 9.59 Å². The van der Waals surface area contributed by atoms with E-state index in [1.807, 2.05) is 0 Å². The second kappa shape index (κ2) is 4.19. The van der Waals surface area contributed by atoms with Crippen molar-refractivity contribution < 1.29 is 24.2 Å². The quantitative estimate of drug-likeness (QED) is 0.768. The Bertz CT molecular complexity index is 419. The fourth-order valence-electron chi connectivity index (χ4n) is 3.18. The van der Waals surface area contributed by atoms with Gasteiger partial charge in [-0.1, -0.05) is 0 Å². The molecule has 6 heteroatoms. The summed E-state index contributed by atoms with van der Waals surface area (Å²) in [6, 6.07) is -0.151. The Kier molecular flexibility index (Phi) is 2.65. The average molecular weight is 253 g/mol. The molecule has 2 fully saturated rings. The predicted molar refractivity (Wildman–Crippen MR) is 59.4 cm³/mol. The lowest BCUT2D eigenvalue weighted by Crippen LogP contribution is -2.39. The molecule has 1 amide bonds. The van der Waals surface area contributed by atoms with Crippen molar-refractivity contribution in [3.05, 3.63) is 12.0 Å². The van der Waals surface area contributed by atoms with Gasteiger partial charge in [0, 0.05) is 12.1 Å². The molecule has 6 nitrogen and oxygen atoms in total. The van der Waals surface area contributed by atoms with Crippen molar-refractivity contribution in [2.45, 2.75) is 31.3 Å². The summed E-state index contributed by atoms with van der Waals surface area (Å²) in [4.78, 5) is 25.1. The molecule has 3 aliphatic rings. The van der Waals surface area contributed by atoms with Gasteiger partial charge in [0.05, 0.1) is 5.92 Å². The predicted octanol–water partition coefficient (Wildman–Crippen LogP) is 0.339. The maximum atomic E-state index is 12.3. The largest absolute Gasteiger partial charge is 0.494 e. The molecule has 2 saturated heterocycles. The van der Waals surface area contributed by atoms with Crippen molar-refractivity contribution in [3.8, 4) is 0 Å². The maximum absolute atomic E-state index is 12.3. The number of carboxylic acids is 1. The maximum Gasteiger partial charge on any atom is 0.308 e. The first kappa shape index (κ1) is 11.4. The smallest absolute Gasteiger partial charge is 0.308 e. The third-order valence-corrected chi connectivity index (χ3v) is 3.95. The van der Waals surface area contributed by atoms with E-state index in [2.05, 4.69) is 0 Å². The molecule has 1 N–H and O–H groups in total. The number of carbonyl (C=O) groups is 2. The topological polar surface area (TPSA) is 76.1 Å². The Morgan fingerprint density at radius 1 is 1.33 bits per heavy atom. The Balaban J connectivity index is 1.79. The van der Waals surface area contributed by atoms with Crippen LogP contribution >= 0.6 is 0 Å². The van der Waals surface area contributed by atoms with E-state index < -0.39 is 11.9 Å². The van der Waals surface area contributed by atoms with Crippen LogP contribution in [0.1, 0.15) is 19.3 Å². The van der Waals surface area contributed by atoms with Crippen molar-refractivity contribution in [3.63, 3.8) is 0 Å². The third-order valence-electron chi connectivity index (χ3n) is 3.95. The van der Waals surface area contributed by atoms with E-state index in [0.717, 1.165) is 12.8 Å². The summed E-state index contributed by atoms with van der Waals surface area (Å²) in [6.45, 7) is 0.810. The highest BCUT2D eigenvalue weighted by Gasteiger charge is 2.52. The van der Waals surface area contributed by atoms with Gasteiger partial charge in [0.15, 0.2) is 0 Å². The van der Waals surface area contributed by atoms with Crippen LogP contribution in [0.3, 0.4) is 0 Å². The van der Waals surface area contributed by atoms with E-state index in [4.69, 9.17) is 14.6 Å². The molecular formula is C12H15NO5. The average Bonchev–Trinajstić information content (AvgIpc) is 2.96. The highest BCUT2D eigenvalue weighted by atomic mass is 16.6. The van der Waals surface area contributed by atoms with Gasteiger partial charge in [0.25, 0.3) is 5.91 Å². The van der Waals surface area contributed by atoms with Crippen molar-refractivity contribution in [2.75, 3.05) is 13.2 Å². The summed E-state index contributed by atoms with van der Waals surface area (Å²) in [5.41, 5.74) is 0. The number of nitrogens with zero attached hydrogens (tertiary/aromatic N) is 1. The number of fused-ring (bicyclic) bond motifs is 2. The number of carbonyl (C=O) groups excluding carboxylic acids is 1. The van der Waals surface area contributed by atoms with Crippen LogP contribution in [-0.2, 0) is 19.1 Å². The second-order valence-electron chi connectivity index (χ2n) is 4.89. The second-order valence-corrected chi connectivity index (χ2v) is 4.89. The van der Waals surface area contributed by atoms with Crippen molar-refractivity contribution in [1.29, 1.82) is 0 Å². The molecule has 3 aliphatic heterocycles. The number of aliphatic carboxylic acids is 1. The molecule has 0 aromatic heterocycles. The zero-order valence-electron chi connectivity index (χ0n) is 9.87. The van der Waals surface area contributed by atoms with Gasteiger partial charge in [-0.15, -0.1) is 0 Å². The summed E-state index contributed by atoms with van der Waals surface area (Å²) >= 11 is 0. The van der Waals surface area contributed by atoms with E-state index in [1.54, 1.807) is 4.90 Å².